The zero-order valence-electron chi connectivity index (χ0n) is 13.2. The Kier molecular flexibility index (Phi) is 4.93. The fraction of sp³-hybridized carbons (Fsp3) is 0.500. The molecule has 0 radical (unpaired) electrons. The molecule has 4 nitrogen and oxygen atoms in total. The van der Waals surface area contributed by atoms with E-state index in [1.165, 1.54) is 4.90 Å². The maximum atomic E-state index is 12.1. The van der Waals surface area contributed by atoms with E-state index in [1.54, 1.807) is 7.05 Å². The number of nitrogens with one attached hydrogen (secondary N) is 1. The lowest BCUT2D eigenvalue weighted by Crippen LogP contribution is -2.41. The highest BCUT2D eigenvalue weighted by Gasteiger charge is 2.26. The fourth-order valence-corrected chi connectivity index (χ4v) is 2.05. The standard InChI is InChI=1S/C16H24N2O2/c1-11-8-7-9-12(2)14(11)17-13(19)10-18(6)15(20)16(3,4)5/h7-9H,10H2,1-6H3,(H,17,19). The van der Waals surface area contributed by atoms with Crippen LogP contribution in [-0.4, -0.2) is 30.3 Å². The first-order valence-electron chi connectivity index (χ1n) is 6.74. The van der Waals surface area contributed by atoms with Crippen LogP contribution in [0.4, 0.5) is 5.69 Å². The number of carbonyl (C=O) groups excluding carboxylic acids is 2. The third-order valence-electron chi connectivity index (χ3n) is 3.11. The number of para-hydroxylation sites is 1. The summed E-state index contributed by atoms with van der Waals surface area (Å²) >= 11 is 0. The van der Waals surface area contributed by atoms with Gasteiger partial charge in [-0.3, -0.25) is 9.59 Å². The smallest absolute Gasteiger partial charge is 0.243 e. The van der Waals surface area contributed by atoms with Crippen molar-refractivity contribution in [2.24, 2.45) is 5.41 Å². The predicted octanol–water partition coefficient (Wildman–Crippen LogP) is 2.75. The first-order chi connectivity index (χ1) is 9.12. The van der Waals surface area contributed by atoms with Gasteiger partial charge in [-0.05, 0) is 25.0 Å². The Hall–Kier alpha value is -1.84. The van der Waals surface area contributed by atoms with Crippen LogP contribution in [-0.2, 0) is 9.59 Å². The minimum atomic E-state index is -0.479. The molecule has 0 aromatic heterocycles. The number of hydrogen-bond acceptors (Lipinski definition) is 2. The van der Waals surface area contributed by atoms with Gasteiger partial charge >= 0.3 is 0 Å². The van der Waals surface area contributed by atoms with Gasteiger partial charge in [0.05, 0.1) is 6.54 Å². The van der Waals surface area contributed by atoms with Crippen LogP contribution in [0.15, 0.2) is 18.2 Å². The highest BCUT2D eigenvalue weighted by atomic mass is 16.2. The van der Waals surface area contributed by atoms with Crippen molar-refractivity contribution >= 4 is 17.5 Å². The van der Waals surface area contributed by atoms with E-state index in [0.29, 0.717) is 0 Å². The molecule has 20 heavy (non-hydrogen) atoms. The molecule has 0 saturated heterocycles. The van der Waals surface area contributed by atoms with Crippen LogP contribution >= 0.6 is 0 Å². The maximum Gasteiger partial charge on any atom is 0.243 e. The second-order valence-electron chi connectivity index (χ2n) is 6.23. The van der Waals surface area contributed by atoms with E-state index >= 15 is 0 Å². The topological polar surface area (TPSA) is 49.4 Å². The lowest BCUT2D eigenvalue weighted by atomic mass is 9.95. The van der Waals surface area contributed by atoms with Crippen molar-refractivity contribution in [2.75, 3.05) is 18.9 Å². The second-order valence-corrected chi connectivity index (χ2v) is 6.23. The normalized spacial score (nSPS) is 11.1. The molecule has 0 unspecified atom stereocenters. The molecule has 2 amide bonds. The average Bonchev–Trinajstić information content (AvgIpc) is 2.31. The Morgan fingerprint density at radius 2 is 1.65 bits per heavy atom. The summed E-state index contributed by atoms with van der Waals surface area (Å²) in [5.74, 6) is -0.225. The predicted molar refractivity (Wildman–Crippen MR) is 81.6 cm³/mol. The number of likely N-dealkylation sites (N-methyl/N-ethyl adjacent to an activating group) is 1. The second kappa shape index (κ2) is 6.07. The quantitative estimate of drug-likeness (QED) is 0.923. The summed E-state index contributed by atoms with van der Waals surface area (Å²) in [6.45, 7) is 9.49. The highest BCUT2D eigenvalue weighted by Crippen LogP contribution is 2.20. The Balaban J connectivity index is 2.72. The van der Waals surface area contributed by atoms with Gasteiger partial charge in [-0.15, -0.1) is 0 Å². The summed E-state index contributed by atoms with van der Waals surface area (Å²) in [5, 5.41) is 2.88. The van der Waals surface area contributed by atoms with Crippen LogP contribution in [0.5, 0.6) is 0 Å². The SMILES string of the molecule is Cc1cccc(C)c1NC(=O)CN(C)C(=O)C(C)(C)C. The van der Waals surface area contributed by atoms with Crippen LogP contribution in [0.25, 0.3) is 0 Å². The first-order valence-corrected chi connectivity index (χ1v) is 6.74. The summed E-state index contributed by atoms with van der Waals surface area (Å²) in [4.78, 5) is 25.5. The molecule has 4 heteroatoms. The average molecular weight is 276 g/mol. The largest absolute Gasteiger partial charge is 0.336 e. The van der Waals surface area contributed by atoms with Crippen molar-refractivity contribution in [1.29, 1.82) is 0 Å². The molecule has 1 rings (SSSR count). The third-order valence-corrected chi connectivity index (χ3v) is 3.11. The van der Waals surface area contributed by atoms with Gasteiger partial charge < -0.3 is 10.2 Å². The van der Waals surface area contributed by atoms with E-state index in [2.05, 4.69) is 5.32 Å². The van der Waals surface area contributed by atoms with Crippen molar-refractivity contribution in [1.82, 2.24) is 4.90 Å². The highest BCUT2D eigenvalue weighted by molar-refractivity contribution is 5.96. The Morgan fingerprint density at radius 3 is 2.10 bits per heavy atom. The van der Waals surface area contributed by atoms with Crippen LogP contribution in [0.1, 0.15) is 31.9 Å². The number of amides is 2. The van der Waals surface area contributed by atoms with Gasteiger partial charge in [-0.25, -0.2) is 0 Å². The van der Waals surface area contributed by atoms with Gasteiger partial charge in [0, 0.05) is 18.2 Å². The summed E-state index contributed by atoms with van der Waals surface area (Å²) in [7, 11) is 1.65. The molecular formula is C16H24N2O2. The molecule has 0 atom stereocenters. The van der Waals surface area contributed by atoms with Crippen molar-refractivity contribution in [2.45, 2.75) is 34.6 Å². The van der Waals surface area contributed by atoms with E-state index in [-0.39, 0.29) is 18.4 Å². The molecule has 0 aliphatic carbocycles. The molecule has 0 saturated carbocycles. The number of nitrogens with zero attached hydrogens (tertiary/aromatic N) is 1. The Morgan fingerprint density at radius 1 is 1.15 bits per heavy atom. The lowest BCUT2D eigenvalue weighted by Gasteiger charge is -2.25. The number of hydrogen-bond donors (Lipinski definition) is 1. The Bertz CT molecular complexity index is 495. The fourth-order valence-electron chi connectivity index (χ4n) is 2.05. The molecule has 0 aliphatic rings. The van der Waals surface area contributed by atoms with E-state index < -0.39 is 5.41 Å². The first kappa shape index (κ1) is 16.2. The van der Waals surface area contributed by atoms with Crippen molar-refractivity contribution in [3.63, 3.8) is 0 Å². The minimum Gasteiger partial charge on any atom is -0.336 e. The monoisotopic (exact) mass is 276 g/mol. The molecule has 1 aromatic carbocycles. The van der Waals surface area contributed by atoms with E-state index in [1.807, 2.05) is 52.8 Å². The van der Waals surface area contributed by atoms with Gasteiger partial charge in [0.25, 0.3) is 0 Å². The Labute approximate surface area is 121 Å². The maximum absolute atomic E-state index is 12.1. The van der Waals surface area contributed by atoms with Gasteiger partial charge in [-0.2, -0.15) is 0 Å². The number of benzene rings is 1. The van der Waals surface area contributed by atoms with Gasteiger partial charge in [0.2, 0.25) is 11.8 Å². The zero-order chi connectivity index (χ0) is 15.5. The number of carbonyl (C=O) groups is 2. The molecule has 110 valence electrons. The van der Waals surface area contributed by atoms with Gasteiger partial charge in [-0.1, -0.05) is 39.0 Å². The van der Waals surface area contributed by atoms with Crippen molar-refractivity contribution in [3.8, 4) is 0 Å². The number of aryl methyl sites for hydroxylation is 2. The molecule has 1 aromatic rings. The summed E-state index contributed by atoms with van der Waals surface area (Å²) in [6, 6.07) is 5.86. The van der Waals surface area contributed by atoms with E-state index in [0.717, 1.165) is 16.8 Å². The summed E-state index contributed by atoms with van der Waals surface area (Å²) < 4.78 is 0. The minimum absolute atomic E-state index is 0.0471. The molecule has 0 heterocycles. The van der Waals surface area contributed by atoms with Crippen LogP contribution in [0.2, 0.25) is 0 Å². The number of anilines is 1. The zero-order valence-corrected chi connectivity index (χ0v) is 13.2. The molecule has 0 aliphatic heterocycles. The lowest BCUT2D eigenvalue weighted by molar-refractivity contribution is -0.140. The van der Waals surface area contributed by atoms with Gasteiger partial charge in [0.15, 0.2) is 0 Å². The summed E-state index contributed by atoms with van der Waals surface area (Å²) in [6.07, 6.45) is 0. The van der Waals surface area contributed by atoms with Gasteiger partial charge in [0.1, 0.15) is 0 Å². The van der Waals surface area contributed by atoms with E-state index in [4.69, 9.17) is 0 Å². The van der Waals surface area contributed by atoms with Crippen molar-refractivity contribution < 1.29 is 9.59 Å². The molecule has 0 spiro atoms. The van der Waals surface area contributed by atoms with Crippen LogP contribution < -0.4 is 5.32 Å². The number of rotatable bonds is 3. The van der Waals surface area contributed by atoms with Crippen molar-refractivity contribution in [3.05, 3.63) is 29.3 Å². The summed E-state index contributed by atoms with van der Waals surface area (Å²) in [5.41, 5.74) is 2.38. The van der Waals surface area contributed by atoms with Crippen LogP contribution in [0, 0.1) is 19.3 Å². The molecular weight excluding hydrogens is 252 g/mol. The van der Waals surface area contributed by atoms with E-state index in [9.17, 15) is 9.59 Å². The molecule has 0 bridgehead atoms. The van der Waals surface area contributed by atoms with Crippen LogP contribution in [0.3, 0.4) is 0 Å². The molecule has 0 fully saturated rings. The molecule has 1 N–H and O–H groups in total. The third kappa shape index (κ3) is 4.08.